The Balaban J connectivity index is 3.13. The average molecular weight is 406 g/mol. The smallest absolute Gasteiger partial charge is 0.328 e. The minimum atomic E-state index is -1.31. The van der Waals surface area contributed by atoms with E-state index < -0.39 is 36.0 Å². The fourth-order valence-corrected chi connectivity index (χ4v) is 2.94. The van der Waals surface area contributed by atoms with E-state index in [0.717, 1.165) is 5.56 Å². The monoisotopic (exact) mass is 406 g/mol. The highest BCUT2D eigenvalue weighted by Crippen LogP contribution is 2.12. The first-order valence-electron chi connectivity index (χ1n) is 9.50. The number of hydrogen-bond acceptors (Lipinski definition) is 6. The van der Waals surface area contributed by atoms with E-state index in [1.807, 2.05) is 44.2 Å². The lowest BCUT2D eigenvalue weighted by molar-refractivity contribution is -0.158. The number of carbonyl (C=O) groups is 4. The molecule has 0 bridgehead atoms. The van der Waals surface area contributed by atoms with Gasteiger partial charge in [0, 0.05) is 13.8 Å². The van der Waals surface area contributed by atoms with Crippen LogP contribution in [0.1, 0.15) is 39.7 Å². The Kier molecular flexibility index (Phi) is 9.85. The third kappa shape index (κ3) is 8.76. The minimum Gasteiger partial charge on any atom is -0.467 e. The number of benzene rings is 1. The zero-order valence-electron chi connectivity index (χ0n) is 17.6. The molecular weight excluding hydrogens is 376 g/mol. The number of nitrogens with one attached hydrogen (secondary N) is 2. The van der Waals surface area contributed by atoms with Crippen LogP contribution in [0.3, 0.4) is 0 Å². The van der Waals surface area contributed by atoms with Gasteiger partial charge in [-0.3, -0.25) is 14.4 Å². The molecule has 160 valence electrons. The van der Waals surface area contributed by atoms with Crippen LogP contribution in [0.15, 0.2) is 30.3 Å². The van der Waals surface area contributed by atoms with Gasteiger partial charge in [-0.15, -0.1) is 0 Å². The Labute approximate surface area is 171 Å². The summed E-state index contributed by atoms with van der Waals surface area (Å²) in [7, 11) is 1.24. The Morgan fingerprint density at radius 2 is 1.62 bits per heavy atom. The van der Waals surface area contributed by atoms with E-state index in [9.17, 15) is 19.2 Å². The van der Waals surface area contributed by atoms with Gasteiger partial charge in [-0.2, -0.15) is 0 Å². The minimum absolute atomic E-state index is 0.113. The van der Waals surface area contributed by atoms with Crippen molar-refractivity contribution in [2.24, 2.45) is 5.92 Å². The van der Waals surface area contributed by atoms with Crippen LogP contribution >= 0.6 is 0 Å². The second-order valence-electron chi connectivity index (χ2n) is 7.24. The summed E-state index contributed by atoms with van der Waals surface area (Å²) < 4.78 is 10.0. The van der Waals surface area contributed by atoms with Crippen LogP contribution in [0.4, 0.5) is 0 Å². The molecule has 0 fully saturated rings. The van der Waals surface area contributed by atoms with Crippen molar-refractivity contribution in [3.8, 4) is 0 Å². The van der Waals surface area contributed by atoms with Gasteiger partial charge >= 0.3 is 11.9 Å². The molecule has 2 N–H and O–H groups in total. The molecule has 0 saturated heterocycles. The Hall–Kier alpha value is -2.90. The van der Waals surface area contributed by atoms with Gasteiger partial charge in [0.2, 0.25) is 5.91 Å². The number of hydrogen-bond donors (Lipinski definition) is 2. The van der Waals surface area contributed by atoms with Crippen LogP contribution < -0.4 is 10.6 Å². The highest BCUT2D eigenvalue weighted by molar-refractivity contribution is 5.89. The van der Waals surface area contributed by atoms with Gasteiger partial charge in [-0.25, -0.2) is 4.79 Å². The number of methoxy groups -OCH3 is 1. The highest BCUT2D eigenvalue weighted by atomic mass is 16.5. The largest absolute Gasteiger partial charge is 0.467 e. The van der Waals surface area contributed by atoms with Crippen molar-refractivity contribution in [2.45, 2.75) is 58.7 Å². The summed E-state index contributed by atoms with van der Waals surface area (Å²) in [5.41, 5.74) is 0.850. The molecule has 8 heteroatoms. The Morgan fingerprint density at radius 1 is 1.00 bits per heavy atom. The summed E-state index contributed by atoms with van der Waals surface area (Å²) in [4.78, 5) is 48.4. The van der Waals surface area contributed by atoms with E-state index in [2.05, 4.69) is 10.6 Å². The van der Waals surface area contributed by atoms with E-state index in [1.165, 1.54) is 21.0 Å². The Morgan fingerprint density at radius 3 is 2.10 bits per heavy atom. The van der Waals surface area contributed by atoms with E-state index >= 15 is 0 Å². The third-order valence-corrected chi connectivity index (χ3v) is 4.11. The van der Waals surface area contributed by atoms with Gasteiger partial charge in [-0.05, 0) is 24.3 Å². The maximum Gasteiger partial charge on any atom is 0.328 e. The molecular formula is C21H30N2O6. The van der Waals surface area contributed by atoms with Gasteiger partial charge in [0.25, 0.3) is 5.91 Å². The summed E-state index contributed by atoms with van der Waals surface area (Å²) in [5, 5.41) is 5.28. The highest BCUT2D eigenvalue weighted by Gasteiger charge is 2.35. The molecule has 0 aliphatic heterocycles. The van der Waals surface area contributed by atoms with Gasteiger partial charge in [0.15, 0.2) is 6.10 Å². The van der Waals surface area contributed by atoms with Crippen LogP contribution in [0.5, 0.6) is 0 Å². The molecule has 29 heavy (non-hydrogen) atoms. The number of ether oxygens (including phenoxy) is 2. The number of carbonyl (C=O) groups excluding carboxylic acids is 4. The second kappa shape index (κ2) is 11.8. The van der Waals surface area contributed by atoms with E-state index in [4.69, 9.17) is 9.47 Å². The summed E-state index contributed by atoms with van der Waals surface area (Å²) in [6, 6.07) is 7.49. The topological polar surface area (TPSA) is 111 Å². The van der Waals surface area contributed by atoms with E-state index in [-0.39, 0.29) is 18.2 Å². The van der Waals surface area contributed by atoms with Crippen LogP contribution in [-0.4, -0.2) is 49.1 Å². The number of esters is 2. The van der Waals surface area contributed by atoms with Crippen LogP contribution in [0.2, 0.25) is 0 Å². The molecule has 0 aliphatic carbocycles. The number of rotatable bonds is 10. The molecule has 8 nitrogen and oxygen atoms in total. The fourth-order valence-electron chi connectivity index (χ4n) is 2.94. The predicted octanol–water partition coefficient (Wildman–Crippen LogP) is 1.37. The van der Waals surface area contributed by atoms with Crippen molar-refractivity contribution in [3.05, 3.63) is 35.9 Å². The van der Waals surface area contributed by atoms with Crippen molar-refractivity contribution in [1.29, 1.82) is 0 Å². The summed E-state index contributed by atoms with van der Waals surface area (Å²) in [6.45, 7) is 6.30. The van der Waals surface area contributed by atoms with Gasteiger partial charge in [0.05, 0.1) is 13.2 Å². The van der Waals surface area contributed by atoms with Gasteiger partial charge < -0.3 is 20.1 Å². The van der Waals surface area contributed by atoms with Crippen molar-refractivity contribution in [2.75, 3.05) is 7.11 Å². The zero-order chi connectivity index (χ0) is 22.0. The fraction of sp³-hybridized carbons (Fsp3) is 0.524. The third-order valence-electron chi connectivity index (χ3n) is 4.11. The standard InChI is InChI=1S/C21H30N2O6/c1-13(2)11-18(21(27)28-5)23-20(26)19(29-15(4)25)17(22-14(3)24)12-16-9-7-6-8-10-16/h6-10,13,17-19H,11-12H2,1-5H3,(H,22,24)(H,23,26). The van der Waals surface area contributed by atoms with Crippen molar-refractivity contribution in [1.82, 2.24) is 10.6 Å². The first-order chi connectivity index (χ1) is 13.6. The molecule has 3 unspecified atom stereocenters. The molecule has 2 amide bonds. The first-order valence-corrected chi connectivity index (χ1v) is 9.50. The van der Waals surface area contributed by atoms with Crippen molar-refractivity contribution < 1.29 is 28.7 Å². The quantitative estimate of drug-likeness (QED) is 0.568. The SMILES string of the molecule is COC(=O)C(CC(C)C)NC(=O)C(OC(C)=O)C(Cc1ccccc1)NC(C)=O. The molecule has 3 atom stereocenters. The van der Waals surface area contributed by atoms with Crippen LogP contribution in [-0.2, 0) is 35.1 Å². The van der Waals surface area contributed by atoms with Gasteiger partial charge in [-0.1, -0.05) is 44.2 Å². The van der Waals surface area contributed by atoms with Crippen LogP contribution in [0.25, 0.3) is 0 Å². The average Bonchev–Trinajstić information content (AvgIpc) is 2.64. The summed E-state index contributed by atoms with van der Waals surface area (Å²) in [5.74, 6) is -2.20. The molecule has 0 aromatic heterocycles. The predicted molar refractivity (Wildman–Crippen MR) is 107 cm³/mol. The van der Waals surface area contributed by atoms with Gasteiger partial charge in [0.1, 0.15) is 6.04 Å². The summed E-state index contributed by atoms with van der Waals surface area (Å²) >= 11 is 0. The zero-order valence-corrected chi connectivity index (χ0v) is 17.6. The molecule has 0 heterocycles. The van der Waals surface area contributed by atoms with E-state index in [1.54, 1.807) is 0 Å². The Bertz CT molecular complexity index is 704. The molecule has 1 rings (SSSR count). The molecule has 0 spiro atoms. The molecule has 1 aromatic carbocycles. The molecule has 0 aliphatic rings. The van der Waals surface area contributed by atoms with Crippen molar-refractivity contribution in [3.63, 3.8) is 0 Å². The first kappa shape index (κ1) is 24.1. The molecule has 0 saturated carbocycles. The lowest BCUT2D eigenvalue weighted by Crippen LogP contribution is -2.56. The summed E-state index contributed by atoms with van der Waals surface area (Å²) in [6.07, 6.45) is -0.691. The lowest BCUT2D eigenvalue weighted by atomic mass is 9.99. The maximum absolute atomic E-state index is 13.0. The maximum atomic E-state index is 13.0. The van der Waals surface area contributed by atoms with E-state index in [0.29, 0.717) is 6.42 Å². The van der Waals surface area contributed by atoms with Crippen molar-refractivity contribution >= 4 is 23.8 Å². The second-order valence-corrected chi connectivity index (χ2v) is 7.24. The van der Waals surface area contributed by atoms with Crippen LogP contribution in [0, 0.1) is 5.92 Å². The number of amides is 2. The molecule has 0 radical (unpaired) electrons. The normalized spacial score (nSPS) is 13.7. The lowest BCUT2D eigenvalue weighted by Gasteiger charge is -2.28. The molecule has 1 aromatic rings.